The molecule has 0 N–H and O–H groups in total. The van der Waals surface area contributed by atoms with Crippen molar-refractivity contribution >= 4 is 11.6 Å². The van der Waals surface area contributed by atoms with Crippen LogP contribution in [0.2, 0.25) is 0 Å². The summed E-state index contributed by atoms with van der Waals surface area (Å²) in [5.74, 6) is 2.54. The highest BCUT2D eigenvalue weighted by Gasteiger charge is 2.22. The van der Waals surface area contributed by atoms with Crippen LogP contribution in [0.4, 0.5) is 5.69 Å². The molecule has 7 nitrogen and oxygen atoms in total. The molecule has 0 atom stereocenters. The molecule has 1 amide bonds. The van der Waals surface area contributed by atoms with E-state index in [2.05, 4.69) is 15.9 Å². The highest BCUT2D eigenvalue weighted by atomic mass is 16.6. The largest absolute Gasteiger partial charge is 0.495 e. The number of rotatable bonds is 6. The lowest BCUT2D eigenvalue weighted by molar-refractivity contribution is -0.131. The first-order valence-corrected chi connectivity index (χ1v) is 10.4. The monoisotopic (exact) mass is 411 g/mol. The van der Waals surface area contributed by atoms with Gasteiger partial charge in [0, 0.05) is 39.8 Å². The molecule has 2 aromatic rings. The summed E-state index contributed by atoms with van der Waals surface area (Å²) in [6.45, 7) is 5.57. The maximum atomic E-state index is 12.8. The van der Waals surface area contributed by atoms with Crippen molar-refractivity contribution in [1.29, 1.82) is 0 Å². The van der Waals surface area contributed by atoms with E-state index in [1.165, 1.54) is 0 Å². The molecule has 0 spiro atoms. The number of anilines is 1. The molecule has 2 aromatic carbocycles. The van der Waals surface area contributed by atoms with Crippen LogP contribution in [0, 0.1) is 0 Å². The number of carbonyl (C=O) groups excluding carboxylic acids is 1. The predicted molar refractivity (Wildman–Crippen MR) is 116 cm³/mol. The summed E-state index contributed by atoms with van der Waals surface area (Å²) in [5, 5.41) is 0. The first-order chi connectivity index (χ1) is 14.6. The van der Waals surface area contributed by atoms with Gasteiger partial charge in [0.1, 0.15) is 19.0 Å². The van der Waals surface area contributed by atoms with Crippen molar-refractivity contribution in [3.63, 3.8) is 0 Å². The molecule has 0 bridgehead atoms. The lowest BCUT2D eigenvalue weighted by atomic mass is 10.2. The third-order valence-corrected chi connectivity index (χ3v) is 5.61. The minimum absolute atomic E-state index is 0.121. The van der Waals surface area contributed by atoms with Crippen LogP contribution < -0.4 is 19.1 Å². The van der Waals surface area contributed by atoms with Crippen molar-refractivity contribution in [2.75, 3.05) is 65.0 Å². The molecule has 0 unspecified atom stereocenters. The standard InChI is InChI=1S/C23H29N3O4/c1-24(16-18-7-8-21-22(15-18)30-14-13-29-21)23(27)17-25-9-11-26(12-10-25)19-5-3-4-6-20(19)28-2/h3-8,15H,9-14,16-17H2,1-2H3. The summed E-state index contributed by atoms with van der Waals surface area (Å²) in [4.78, 5) is 19.1. The molecule has 30 heavy (non-hydrogen) atoms. The first-order valence-electron chi connectivity index (χ1n) is 10.4. The SMILES string of the molecule is COc1ccccc1N1CCN(CC(=O)N(C)Cc2ccc3c(c2)OCCO3)CC1. The Hall–Kier alpha value is -2.93. The fourth-order valence-corrected chi connectivity index (χ4v) is 3.90. The second-order valence-electron chi connectivity index (χ2n) is 7.66. The second kappa shape index (κ2) is 9.26. The van der Waals surface area contributed by atoms with E-state index >= 15 is 0 Å². The fourth-order valence-electron chi connectivity index (χ4n) is 3.90. The molecule has 2 aliphatic heterocycles. The number of likely N-dealkylation sites (N-methyl/N-ethyl adjacent to an activating group) is 1. The lowest BCUT2D eigenvalue weighted by Gasteiger charge is -2.36. The van der Waals surface area contributed by atoms with Crippen LogP contribution in [-0.4, -0.2) is 75.8 Å². The van der Waals surface area contributed by atoms with Crippen molar-refractivity contribution in [3.8, 4) is 17.2 Å². The maximum Gasteiger partial charge on any atom is 0.236 e. The van der Waals surface area contributed by atoms with Crippen molar-refractivity contribution < 1.29 is 19.0 Å². The molecule has 2 aliphatic rings. The Labute approximate surface area is 177 Å². The average Bonchev–Trinajstić information content (AvgIpc) is 2.79. The van der Waals surface area contributed by atoms with Gasteiger partial charge in [-0.05, 0) is 29.8 Å². The maximum absolute atomic E-state index is 12.8. The Morgan fingerprint density at radius 1 is 1.03 bits per heavy atom. The van der Waals surface area contributed by atoms with E-state index in [-0.39, 0.29) is 5.91 Å². The van der Waals surface area contributed by atoms with E-state index in [9.17, 15) is 4.79 Å². The zero-order valence-corrected chi connectivity index (χ0v) is 17.7. The van der Waals surface area contributed by atoms with Crippen LogP contribution in [0.25, 0.3) is 0 Å². The molecule has 0 radical (unpaired) electrons. The van der Waals surface area contributed by atoms with Gasteiger partial charge in [-0.2, -0.15) is 0 Å². The quantitative estimate of drug-likeness (QED) is 0.727. The fraction of sp³-hybridized carbons (Fsp3) is 0.435. The van der Waals surface area contributed by atoms with E-state index in [0.29, 0.717) is 26.3 Å². The van der Waals surface area contributed by atoms with Gasteiger partial charge in [0.2, 0.25) is 5.91 Å². The number of hydrogen-bond acceptors (Lipinski definition) is 6. The number of benzene rings is 2. The summed E-state index contributed by atoms with van der Waals surface area (Å²) >= 11 is 0. The Morgan fingerprint density at radius 2 is 1.77 bits per heavy atom. The smallest absolute Gasteiger partial charge is 0.236 e. The van der Waals surface area contributed by atoms with Gasteiger partial charge in [-0.15, -0.1) is 0 Å². The molecular formula is C23H29N3O4. The molecule has 2 heterocycles. The Balaban J connectivity index is 1.28. The molecule has 160 valence electrons. The van der Waals surface area contributed by atoms with Crippen LogP contribution in [0.5, 0.6) is 17.2 Å². The third-order valence-electron chi connectivity index (χ3n) is 5.61. The van der Waals surface area contributed by atoms with Gasteiger partial charge in [-0.25, -0.2) is 0 Å². The molecule has 7 heteroatoms. The van der Waals surface area contributed by atoms with Crippen LogP contribution in [0.3, 0.4) is 0 Å². The number of fused-ring (bicyclic) bond motifs is 1. The van der Waals surface area contributed by atoms with Crippen LogP contribution in [0.15, 0.2) is 42.5 Å². The first kappa shape index (κ1) is 20.3. The van der Waals surface area contributed by atoms with Gasteiger partial charge >= 0.3 is 0 Å². The van der Waals surface area contributed by atoms with Gasteiger partial charge in [0.25, 0.3) is 0 Å². The molecule has 0 aliphatic carbocycles. The van der Waals surface area contributed by atoms with Gasteiger partial charge < -0.3 is 24.0 Å². The van der Waals surface area contributed by atoms with Gasteiger partial charge in [0.15, 0.2) is 11.5 Å². The molecule has 0 aromatic heterocycles. The molecule has 1 fully saturated rings. The van der Waals surface area contributed by atoms with E-state index in [1.807, 2.05) is 43.4 Å². The average molecular weight is 412 g/mol. The minimum Gasteiger partial charge on any atom is -0.495 e. The number of amides is 1. The number of carbonyl (C=O) groups is 1. The summed E-state index contributed by atoms with van der Waals surface area (Å²) in [6, 6.07) is 13.9. The van der Waals surface area contributed by atoms with Crippen LogP contribution >= 0.6 is 0 Å². The number of methoxy groups -OCH3 is 1. The summed E-state index contributed by atoms with van der Waals surface area (Å²) < 4.78 is 16.7. The number of para-hydroxylation sites is 2. The minimum atomic E-state index is 0.121. The zero-order valence-electron chi connectivity index (χ0n) is 17.7. The Bertz CT molecular complexity index is 881. The number of nitrogens with zero attached hydrogens (tertiary/aromatic N) is 3. The zero-order chi connectivity index (χ0) is 20.9. The van der Waals surface area contributed by atoms with Crippen LogP contribution in [-0.2, 0) is 11.3 Å². The predicted octanol–water partition coefficient (Wildman–Crippen LogP) is 2.25. The summed E-state index contributed by atoms with van der Waals surface area (Å²) in [7, 11) is 3.55. The third kappa shape index (κ3) is 4.62. The van der Waals surface area contributed by atoms with E-state index in [1.54, 1.807) is 12.0 Å². The second-order valence-corrected chi connectivity index (χ2v) is 7.66. The Kier molecular flexibility index (Phi) is 6.28. The Morgan fingerprint density at radius 3 is 2.53 bits per heavy atom. The lowest BCUT2D eigenvalue weighted by Crippen LogP contribution is -2.49. The van der Waals surface area contributed by atoms with Crippen molar-refractivity contribution in [2.24, 2.45) is 0 Å². The number of piperazine rings is 1. The van der Waals surface area contributed by atoms with Crippen molar-refractivity contribution in [1.82, 2.24) is 9.80 Å². The van der Waals surface area contributed by atoms with Gasteiger partial charge in [-0.1, -0.05) is 18.2 Å². The van der Waals surface area contributed by atoms with Gasteiger partial charge in [0.05, 0.1) is 19.3 Å². The number of ether oxygens (including phenoxy) is 3. The highest BCUT2D eigenvalue weighted by molar-refractivity contribution is 5.78. The topological polar surface area (TPSA) is 54.5 Å². The summed E-state index contributed by atoms with van der Waals surface area (Å²) in [5.41, 5.74) is 2.15. The van der Waals surface area contributed by atoms with Crippen molar-refractivity contribution in [3.05, 3.63) is 48.0 Å². The summed E-state index contributed by atoms with van der Waals surface area (Å²) in [6.07, 6.45) is 0. The van der Waals surface area contributed by atoms with E-state index in [0.717, 1.165) is 54.7 Å². The number of hydrogen-bond donors (Lipinski definition) is 0. The van der Waals surface area contributed by atoms with Crippen molar-refractivity contribution in [2.45, 2.75) is 6.54 Å². The van der Waals surface area contributed by atoms with Crippen LogP contribution in [0.1, 0.15) is 5.56 Å². The highest BCUT2D eigenvalue weighted by Crippen LogP contribution is 2.31. The normalized spacial score (nSPS) is 16.3. The molecule has 0 saturated carbocycles. The molecule has 1 saturated heterocycles. The van der Waals surface area contributed by atoms with E-state index in [4.69, 9.17) is 14.2 Å². The molecular weight excluding hydrogens is 382 g/mol. The molecule has 4 rings (SSSR count). The van der Waals surface area contributed by atoms with E-state index < -0.39 is 0 Å². The van der Waals surface area contributed by atoms with Gasteiger partial charge in [-0.3, -0.25) is 9.69 Å².